The third-order valence-corrected chi connectivity index (χ3v) is 4.67. The molecule has 3 rings (SSSR count). The van der Waals surface area contributed by atoms with E-state index >= 15 is 0 Å². The SMILES string of the molecule is CN=C(NCc1ccc(C#N)cc1)N1CCN(Cc2ccccc2)CC1.I. The summed E-state index contributed by atoms with van der Waals surface area (Å²) in [6.45, 7) is 5.73. The van der Waals surface area contributed by atoms with Crippen LogP contribution in [0.25, 0.3) is 0 Å². The van der Waals surface area contributed by atoms with Crippen molar-refractivity contribution in [3.63, 3.8) is 0 Å². The molecule has 0 saturated carbocycles. The van der Waals surface area contributed by atoms with Crippen molar-refractivity contribution in [1.82, 2.24) is 15.1 Å². The Hall–Kier alpha value is -2.11. The largest absolute Gasteiger partial charge is 0.352 e. The van der Waals surface area contributed by atoms with E-state index in [9.17, 15) is 0 Å². The fourth-order valence-electron chi connectivity index (χ4n) is 3.17. The quantitative estimate of drug-likeness (QED) is 0.420. The Labute approximate surface area is 178 Å². The molecular weight excluding hydrogens is 449 g/mol. The molecule has 0 aliphatic carbocycles. The highest BCUT2D eigenvalue weighted by atomic mass is 127. The zero-order chi connectivity index (χ0) is 18.2. The summed E-state index contributed by atoms with van der Waals surface area (Å²) in [4.78, 5) is 9.23. The summed E-state index contributed by atoms with van der Waals surface area (Å²) in [5, 5.41) is 12.3. The average molecular weight is 475 g/mol. The molecule has 5 nitrogen and oxygen atoms in total. The molecule has 142 valence electrons. The minimum Gasteiger partial charge on any atom is -0.352 e. The zero-order valence-electron chi connectivity index (χ0n) is 15.6. The number of rotatable bonds is 4. The van der Waals surface area contributed by atoms with Crippen LogP contribution >= 0.6 is 24.0 Å². The van der Waals surface area contributed by atoms with Gasteiger partial charge < -0.3 is 10.2 Å². The Morgan fingerprint density at radius 2 is 1.67 bits per heavy atom. The molecule has 27 heavy (non-hydrogen) atoms. The molecule has 1 fully saturated rings. The van der Waals surface area contributed by atoms with Crippen LogP contribution in [-0.2, 0) is 13.1 Å². The highest BCUT2D eigenvalue weighted by Gasteiger charge is 2.19. The molecule has 1 N–H and O–H groups in total. The predicted molar refractivity (Wildman–Crippen MR) is 120 cm³/mol. The molecule has 1 heterocycles. The number of halogens is 1. The molecule has 0 bridgehead atoms. The van der Waals surface area contributed by atoms with Gasteiger partial charge in [-0.15, -0.1) is 24.0 Å². The first-order valence-electron chi connectivity index (χ1n) is 8.99. The summed E-state index contributed by atoms with van der Waals surface area (Å²) in [5.74, 6) is 0.939. The van der Waals surface area contributed by atoms with Crippen molar-refractivity contribution in [3.05, 3.63) is 71.3 Å². The van der Waals surface area contributed by atoms with Gasteiger partial charge in [0.2, 0.25) is 0 Å². The Bertz CT molecular complexity index is 759. The minimum atomic E-state index is 0. The summed E-state index contributed by atoms with van der Waals surface area (Å²) in [6.07, 6.45) is 0. The van der Waals surface area contributed by atoms with E-state index in [-0.39, 0.29) is 24.0 Å². The van der Waals surface area contributed by atoms with E-state index < -0.39 is 0 Å². The number of nitrogens with zero attached hydrogens (tertiary/aromatic N) is 4. The molecule has 0 atom stereocenters. The monoisotopic (exact) mass is 475 g/mol. The maximum Gasteiger partial charge on any atom is 0.194 e. The van der Waals surface area contributed by atoms with Crippen molar-refractivity contribution in [3.8, 4) is 6.07 Å². The highest BCUT2D eigenvalue weighted by molar-refractivity contribution is 14.0. The standard InChI is InChI=1S/C21H25N5.HI/c1-23-21(24-16-19-9-7-18(15-22)8-10-19)26-13-11-25(12-14-26)17-20-5-3-2-4-6-20;/h2-10H,11-14,16-17H2,1H3,(H,23,24);1H. The summed E-state index contributed by atoms with van der Waals surface area (Å²) in [6, 6.07) is 20.4. The fourth-order valence-corrected chi connectivity index (χ4v) is 3.17. The average Bonchev–Trinajstić information content (AvgIpc) is 2.71. The van der Waals surface area contributed by atoms with E-state index in [1.165, 1.54) is 5.56 Å². The normalized spacial score (nSPS) is 15.0. The first kappa shape index (κ1) is 21.2. The van der Waals surface area contributed by atoms with Gasteiger partial charge in [-0.1, -0.05) is 42.5 Å². The van der Waals surface area contributed by atoms with Crippen LogP contribution in [0.3, 0.4) is 0 Å². The maximum atomic E-state index is 8.87. The Morgan fingerprint density at radius 1 is 1.00 bits per heavy atom. The third kappa shape index (κ3) is 6.22. The van der Waals surface area contributed by atoms with Gasteiger partial charge in [-0.05, 0) is 23.3 Å². The van der Waals surface area contributed by atoms with Gasteiger partial charge in [-0.3, -0.25) is 9.89 Å². The molecule has 0 aromatic heterocycles. The second-order valence-electron chi connectivity index (χ2n) is 6.46. The smallest absolute Gasteiger partial charge is 0.194 e. The van der Waals surface area contributed by atoms with Gasteiger partial charge in [0.15, 0.2) is 5.96 Å². The van der Waals surface area contributed by atoms with E-state index in [1.54, 1.807) is 0 Å². The highest BCUT2D eigenvalue weighted by Crippen LogP contribution is 2.09. The molecule has 1 aliphatic heterocycles. The number of piperazine rings is 1. The van der Waals surface area contributed by atoms with Gasteiger partial charge in [0.25, 0.3) is 0 Å². The third-order valence-electron chi connectivity index (χ3n) is 4.67. The number of guanidine groups is 1. The number of aliphatic imine (C=N–C) groups is 1. The first-order valence-corrected chi connectivity index (χ1v) is 8.99. The molecule has 1 aliphatic rings. The summed E-state index contributed by atoms with van der Waals surface area (Å²) in [5.41, 5.74) is 3.20. The van der Waals surface area contributed by atoms with Gasteiger partial charge >= 0.3 is 0 Å². The molecule has 0 amide bonds. The van der Waals surface area contributed by atoms with Crippen LogP contribution in [0, 0.1) is 11.3 Å². The first-order chi connectivity index (χ1) is 12.8. The fraction of sp³-hybridized carbons (Fsp3) is 0.333. The van der Waals surface area contributed by atoms with Crippen molar-refractivity contribution >= 4 is 29.9 Å². The van der Waals surface area contributed by atoms with Gasteiger partial charge in [0.1, 0.15) is 0 Å². The van der Waals surface area contributed by atoms with Gasteiger partial charge in [0, 0.05) is 46.3 Å². The molecule has 2 aromatic carbocycles. The summed E-state index contributed by atoms with van der Waals surface area (Å²) >= 11 is 0. The Kier molecular flexibility index (Phi) is 8.55. The summed E-state index contributed by atoms with van der Waals surface area (Å²) in [7, 11) is 1.83. The van der Waals surface area contributed by atoms with Crippen LogP contribution in [-0.4, -0.2) is 49.0 Å². The van der Waals surface area contributed by atoms with Crippen LogP contribution in [0.2, 0.25) is 0 Å². The second kappa shape index (κ2) is 10.9. The molecular formula is C21H26IN5. The van der Waals surface area contributed by atoms with E-state index in [1.807, 2.05) is 31.3 Å². The van der Waals surface area contributed by atoms with Crippen LogP contribution in [0.4, 0.5) is 0 Å². The maximum absolute atomic E-state index is 8.87. The lowest BCUT2D eigenvalue weighted by molar-refractivity contribution is 0.172. The Balaban J connectivity index is 0.00000261. The Morgan fingerprint density at radius 3 is 2.26 bits per heavy atom. The van der Waals surface area contributed by atoms with Gasteiger partial charge in [0.05, 0.1) is 11.6 Å². The number of nitrogens with one attached hydrogen (secondary N) is 1. The zero-order valence-corrected chi connectivity index (χ0v) is 18.0. The lowest BCUT2D eigenvalue weighted by Gasteiger charge is -2.36. The topological polar surface area (TPSA) is 54.7 Å². The van der Waals surface area contributed by atoms with Crippen LogP contribution in [0.5, 0.6) is 0 Å². The molecule has 1 saturated heterocycles. The van der Waals surface area contributed by atoms with Crippen molar-refractivity contribution < 1.29 is 0 Å². The number of hydrogen-bond acceptors (Lipinski definition) is 3. The van der Waals surface area contributed by atoms with E-state index in [2.05, 4.69) is 56.5 Å². The number of nitriles is 1. The predicted octanol–water partition coefficient (Wildman–Crippen LogP) is 3.07. The number of hydrogen-bond donors (Lipinski definition) is 1. The minimum absolute atomic E-state index is 0. The van der Waals surface area contributed by atoms with Crippen LogP contribution in [0.15, 0.2) is 59.6 Å². The summed E-state index contributed by atoms with van der Waals surface area (Å²) < 4.78 is 0. The molecule has 0 unspecified atom stereocenters. The molecule has 0 radical (unpaired) electrons. The lowest BCUT2D eigenvalue weighted by Crippen LogP contribution is -2.52. The second-order valence-corrected chi connectivity index (χ2v) is 6.46. The lowest BCUT2D eigenvalue weighted by atomic mass is 10.1. The van der Waals surface area contributed by atoms with Crippen molar-refractivity contribution in [2.75, 3.05) is 33.2 Å². The van der Waals surface area contributed by atoms with Gasteiger partial charge in [-0.2, -0.15) is 5.26 Å². The van der Waals surface area contributed by atoms with E-state index in [4.69, 9.17) is 5.26 Å². The molecule has 2 aromatic rings. The molecule has 0 spiro atoms. The molecule has 6 heteroatoms. The van der Waals surface area contributed by atoms with Crippen LogP contribution in [0.1, 0.15) is 16.7 Å². The number of benzene rings is 2. The van der Waals surface area contributed by atoms with Crippen LogP contribution < -0.4 is 5.32 Å². The van der Waals surface area contributed by atoms with E-state index in [0.29, 0.717) is 12.1 Å². The van der Waals surface area contributed by atoms with E-state index in [0.717, 1.165) is 44.2 Å². The van der Waals surface area contributed by atoms with Gasteiger partial charge in [-0.25, -0.2) is 0 Å². The van der Waals surface area contributed by atoms with Crippen molar-refractivity contribution in [1.29, 1.82) is 5.26 Å². The van der Waals surface area contributed by atoms with Crippen molar-refractivity contribution in [2.45, 2.75) is 13.1 Å². The van der Waals surface area contributed by atoms with Crippen molar-refractivity contribution in [2.24, 2.45) is 4.99 Å².